The maximum absolute atomic E-state index is 11.7. The number of thiazole rings is 1. The lowest BCUT2D eigenvalue weighted by molar-refractivity contribution is -0.117. The number of nitrogens with zero attached hydrogens (tertiary/aromatic N) is 2. The maximum atomic E-state index is 11.7. The number of benzene rings is 1. The van der Waals surface area contributed by atoms with Crippen LogP contribution in [0.1, 0.15) is 17.7 Å². The first kappa shape index (κ1) is 12.2. The van der Waals surface area contributed by atoms with Gasteiger partial charge in [0, 0.05) is 29.1 Å². The summed E-state index contributed by atoms with van der Waals surface area (Å²) in [6.07, 6.45) is 1.60. The molecule has 4 nitrogen and oxygen atoms in total. The third kappa shape index (κ3) is 2.21. The molecule has 2 aromatic rings. The van der Waals surface area contributed by atoms with Crippen LogP contribution in [0.25, 0.3) is 11.3 Å². The zero-order valence-electron chi connectivity index (χ0n) is 10.7. The maximum Gasteiger partial charge on any atom is 0.227 e. The average Bonchev–Trinajstić information content (AvgIpc) is 2.96. The Kier molecular flexibility index (Phi) is 2.98. The van der Waals surface area contributed by atoms with E-state index in [1.165, 1.54) is 11.3 Å². The molecule has 0 spiro atoms. The molecule has 3 rings (SSSR count). The summed E-state index contributed by atoms with van der Waals surface area (Å²) in [4.78, 5) is 19.0. The molecule has 1 saturated heterocycles. The average molecular weight is 273 g/mol. The Labute approximate surface area is 115 Å². The summed E-state index contributed by atoms with van der Waals surface area (Å²) in [5, 5.41) is 0.589. The highest BCUT2D eigenvalue weighted by Gasteiger charge is 2.21. The minimum absolute atomic E-state index is 0.210. The van der Waals surface area contributed by atoms with Gasteiger partial charge in [-0.2, -0.15) is 0 Å². The van der Waals surface area contributed by atoms with Crippen molar-refractivity contribution in [2.24, 2.45) is 0 Å². The lowest BCUT2D eigenvalue weighted by Gasteiger charge is -2.15. The van der Waals surface area contributed by atoms with Crippen LogP contribution in [0.2, 0.25) is 0 Å². The molecule has 0 unspecified atom stereocenters. The highest BCUT2D eigenvalue weighted by molar-refractivity contribution is 7.15. The van der Waals surface area contributed by atoms with Crippen LogP contribution < -0.4 is 10.6 Å². The van der Waals surface area contributed by atoms with Gasteiger partial charge < -0.3 is 10.6 Å². The van der Waals surface area contributed by atoms with E-state index in [4.69, 9.17) is 5.73 Å². The van der Waals surface area contributed by atoms with Gasteiger partial charge in [0.2, 0.25) is 5.91 Å². The number of carbonyl (C=O) groups excluding carboxylic acids is 1. The molecule has 5 heteroatoms. The predicted molar refractivity (Wildman–Crippen MR) is 78.3 cm³/mol. The van der Waals surface area contributed by atoms with Crippen LogP contribution in [0.15, 0.2) is 24.3 Å². The van der Waals surface area contributed by atoms with Gasteiger partial charge in [-0.1, -0.05) is 12.1 Å². The third-order valence-electron chi connectivity index (χ3n) is 3.34. The molecular formula is C14H15N3OS. The van der Waals surface area contributed by atoms with Gasteiger partial charge in [-0.15, -0.1) is 11.3 Å². The van der Waals surface area contributed by atoms with Gasteiger partial charge in [0.05, 0.1) is 5.69 Å². The fraction of sp³-hybridized carbons (Fsp3) is 0.286. The number of rotatable bonds is 2. The van der Waals surface area contributed by atoms with E-state index in [-0.39, 0.29) is 5.91 Å². The fourth-order valence-electron chi connectivity index (χ4n) is 2.41. The molecule has 1 aliphatic rings. The molecule has 1 fully saturated rings. The standard InChI is InChI=1S/C14H15N3OS/c1-9-13(16-14(15)19-9)10-4-6-11(7-5-10)17-8-2-3-12(17)18/h4-7H,2-3,8H2,1H3,(H2,15,16). The van der Waals surface area contributed by atoms with Gasteiger partial charge in [0.25, 0.3) is 0 Å². The second kappa shape index (κ2) is 4.66. The van der Waals surface area contributed by atoms with E-state index in [1.807, 2.05) is 36.1 Å². The smallest absolute Gasteiger partial charge is 0.227 e. The SMILES string of the molecule is Cc1sc(N)nc1-c1ccc(N2CCCC2=O)cc1. The Bertz CT molecular complexity index is 618. The van der Waals surface area contributed by atoms with Gasteiger partial charge in [-0.25, -0.2) is 4.98 Å². The van der Waals surface area contributed by atoms with Crippen molar-refractivity contribution in [2.75, 3.05) is 17.2 Å². The molecule has 1 aliphatic heterocycles. The van der Waals surface area contributed by atoms with E-state index in [0.29, 0.717) is 11.6 Å². The normalized spacial score (nSPS) is 15.2. The minimum Gasteiger partial charge on any atom is -0.375 e. The predicted octanol–water partition coefficient (Wildman–Crippen LogP) is 2.83. The second-order valence-corrected chi connectivity index (χ2v) is 5.89. The first-order valence-electron chi connectivity index (χ1n) is 6.29. The van der Waals surface area contributed by atoms with Gasteiger partial charge in [0.1, 0.15) is 0 Å². The number of amides is 1. The molecule has 0 radical (unpaired) electrons. The van der Waals surface area contributed by atoms with Crippen LogP contribution in [0.5, 0.6) is 0 Å². The minimum atomic E-state index is 0.210. The monoisotopic (exact) mass is 273 g/mol. The lowest BCUT2D eigenvalue weighted by Crippen LogP contribution is -2.23. The van der Waals surface area contributed by atoms with Crippen molar-refractivity contribution in [3.8, 4) is 11.3 Å². The summed E-state index contributed by atoms with van der Waals surface area (Å²) in [5.41, 5.74) is 8.66. The number of hydrogen-bond donors (Lipinski definition) is 1. The van der Waals surface area contributed by atoms with Crippen molar-refractivity contribution in [3.05, 3.63) is 29.1 Å². The van der Waals surface area contributed by atoms with E-state index < -0.39 is 0 Å². The number of nitrogens with two attached hydrogens (primary N) is 1. The summed E-state index contributed by atoms with van der Waals surface area (Å²) in [7, 11) is 0. The molecule has 98 valence electrons. The molecule has 0 saturated carbocycles. The molecular weight excluding hydrogens is 258 g/mol. The van der Waals surface area contributed by atoms with Gasteiger partial charge in [-0.05, 0) is 25.5 Å². The number of carbonyl (C=O) groups is 1. The number of aromatic nitrogens is 1. The molecule has 0 aliphatic carbocycles. The highest BCUT2D eigenvalue weighted by Crippen LogP contribution is 2.30. The van der Waals surface area contributed by atoms with E-state index in [1.54, 1.807) is 0 Å². The molecule has 2 heterocycles. The highest BCUT2D eigenvalue weighted by atomic mass is 32.1. The van der Waals surface area contributed by atoms with Crippen LogP contribution in [-0.4, -0.2) is 17.4 Å². The van der Waals surface area contributed by atoms with Crippen LogP contribution in [0.3, 0.4) is 0 Å². The summed E-state index contributed by atoms with van der Waals surface area (Å²) in [6, 6.07) is 7.96. The number of nitrogen functional groups attached to an aromatic ring is 1. The van der Waals surface area contributed by atoms with Crippen LogP contribution >= 0.6 is 11.3 Å². The van der Waals surface area contributed by atoms with Crippen molar-refractivity contribution in [1.29, 1.82) is 0 Å². The summed E-state index contributed by atoms with van der Waals surface area (Å²) in [5.74, 6) is 0.210. The topological polar surface area (TPSA) is 59.2 Å². The summed E-state index contributed by atoms with van der Waals surface area (Å²) >= 11 is 1.50. The lowest BCUT2D eigenvalue weighted by atomic mass is 10.1. The molecule has 0 atom stereocenters. The zero-order valence-corrected chi connectivity index (χ0v) is 11.5. The first-order chi connectivity index (χ1) is 9.15. The largest absolute Gasteiger partial charge is 0.375 e. The van der Waals surface area contributed by atoms with Crippen molar-refractivity contribution in [3.63, 3.8) is 0 Å². The molecule has 1 aromatic carbocycles. The number of anilines is 2. The van der Waals surface area contributed by atoms with Crippen molar-refractivity contribution in [2.45, 2.75) is 19.8 Å². The van der Waals surface area contributed by atoms with Gasteiger partial charge in [0.15, 0.2) is 5.13 Å². The Balaban J connectivity index is 1.90. The Hall–Kier alpha value is -1.88. The van der Waals surface area contributed by atoms with E-state index in [0.717, 1.165) is 34.8 Å². The molecule has 2 N–H and O–H groups in total. The van der Waals surface area contributed by atoms with E-state index in [2.05, 4.69) is 4.98 Å². The van der Waals surface area contributed by atoms with Crippen molar-refractivity contribution >= 4 is 28.1 Å². The summed E-state index contributed by atoms with van der Waals surface area (Å²) < 4.78 is 0. The molecule has 0 bridgehead atoms. The van der Waals surface area contributed by atoms with Gasteiger partial charge in [-0.3, -0.25) is 4.79 Å². The number of aryl methyl sites for hydroxylation is 1. The molecule has 1 amide bonds. The molecule has 19 heavy (non-hydrogen) atoms. The fourth-order valence-corrected chi connectivity index (χ4v) is 3.12. The van der Waals surface area contributed by atoms with Crippen molar-refractivity contribution in [1.82, 2.24) is 4.98 Å². The van der Waals surface area contributed by atoms with E-state index >= 15 is 0 Å². The van der Waals surface area contributed by atoms with Crippen molar-refractivity contribution < 1.29 is 4.79 Å². The third-order valence-corrected chi connectivity index (χ3v) is 4.14. The first-order valence-corrected chi connectivity index (χ1v) is 7.10. The Morgan fingerprint density at radius 2 is 2.05 bits per heavy atom. The van der Waals surface area contributed by atoms with E-state index in [9.17, 15) is 4.79 Å². The quantitative estimate of drug-likeness (QED) is 0.915. The Morgan fingerprint density at radius 1 is 1.32 bits per heavy atom. The van der Waals surface area contributed by atoms with Crippen LogP contribution in [-0.2, 0) is 4.79 Å². The van der Waals surface area contributed by atoms with Crippen LogP contribution in [0.4, 0.5) is 10.8 Å². The second-order valence-electron chi connectivity index (χ2n) is 4.65. The van der Waals surface area contributed by atoms with Crippen LogP contribution in [0, 0.1) is 6.92 Å². The van der Waals surface area contributed by atoms with Gasteiger partial charge >= 0.3 is 0 Å². The Morgan fingerprint density at radius 3 is 2.58 bits per heavy atom. The number of hydrogen-bond acceptors (Lipinski definition) is 4. The summed E-state index contributed by atoms with van der Waals surface area (Å²) in [6.45, 7) is 2.84. The molecule has 1 aromatic heterocycles. The zero-order chi connectivity index (χ0) is 13.4.